The van der Waals surface area contributed by atoms with Gasteiger partial charge < -0.3 is 15.0 Å². The molecule has 1 aliphatic heterocycles. The molecular formula is C22H26F3N3O2. The van der Waals surface area contributed by atoms with Gasteiger partial charge >= 0.3 is 6.18 Å². The summed E-state index contributed by atoms with van der Waals surface area (Å²) in [5, 5.41) is 2.90. The Morgan fingerprint density at radius 1 is 1.10 bits per heavy atom. The number of amides is 1. The number of carbonyl (C=O) groups excluding carboxylic acids is 1. The maximum atomic E-state index is 13.0. The van der Waals surface area contributed by atoms with Crippen molar-refractivity contribution in [1.29, 1.82) is 0 Å². The highest BCUT2D eigenvalue weighted by Gasteiger charge is 2.31. The van der Waals surface area contributed by atoms with Crippen molar-refractivity contribution in [2.75, 3.05) is 43.0 Å². The van der Waals surface area contributed by atoms with E-state index in [2.05, 4.69) is 5.32 Å². The third-order valence-electron chi connectivity index (χ3n) is 5.21. The van der Waals surface area contributed by atoms with Crippen LogP contribution in [0.1, 0.15) is 19.4 Å². The first kappa shape index (κ1) is 22.0. The van der Waals surface area contributed by atoms with E-state index in [0.29, 0.717) is 44.2 Å². The van der Waals surface area contributed by atoms with Crippen LogP contribution in [0, 0.1) is 0 Å². The molecular weight excluding hydrogens is 395 g/mol. The van der Waals surface area contributed by atoms with Gasteiger partial charge in [0.25, 0.3) is 0 Å². The molecule has 0 spiro atoms. The van der Waals surface area contributed by atoms with E-state index in [0.717, 1.165) is 11.8 Å². The number of ether oxygens (including phenoxy) is 1. The van der Waals surface area contributed by atoms with Gasteiger partial charge in [-0.2, -0.15) is 13.2 Å². The van der Waals surface area contributed by atoms with E-state index in [1.807, 2.05) is 23.6 Å². The van der Waals surface area contributed by atoms with E-state index in [9.17, 15) is 18.0 Å². The van der Waals surface area contributed by atoms with Gasteiger partial charge in [0, 0.05) is 37.6 Å². The fraction of sp³-hybridized carbons (Fsp3) is 0.409. The van der Waals surface area contributed by atoms with E-state index in [4.69, 9.17) is 4.74 Å². The normalized spacial score (nSPS) is 16.2. The predicted octanol–water partition coefficient (Wildman–Crippen LogP) is 4.25. The number of rotatable bonds is 6. The molecule has 1 amide bonds. The van der Waals surface area contributed by atoms with Crippen LogP contribution in [0.15, 0.2) is 48.5 Å². The van der Waals surface area contributed by atoms with Gasteiger partial charge in [0.1, 0.15) is 5.75 Å². The summed E-state index contributed by atoms with van der Waals surface area (Å²) in [4.78, 5) is 16.6. The van der Waals surface area contributed by atoms with Gasteiger partial charge in [0.05, 0.1) is 18.2 Å². The lowest BCUT2D eigenvalue weighted by molar-refractivity contribution is -0.137. The third-order valence-corrected chi connectivity index (χ3v) is 5.21. The minimum atomic E-state index is -4.36. The molecule has 5 nitrogen and oxygen atoms in total. The number of hydrogen-bond acceptors (Lipinski definition) is 4. The van der Waals surface area contributed by atoms with Crippen LogP contribution in [0.3, 0.4) is 0 Å². The van der Waals surface area contributed by atoms with Gasteiger partial charge in [-0.15, -0.1) is 0 Å². The van der Waals surface area contributed by atoms with Gasteiger partial charge in [-0.05, 0) is 56.3 Å². The molecule has 1 saturated heterocycles. The molecule has 0 aliphatic carbocycles. The number of anilines is 2. The highest BCUT2D eigenvalue weighted by atomic mass is 19.4. The lowest BCUT2D eigenvalue weighted by atomic mass is 10.1. The summed E-state index contributed by atoms with van der Waals surface area (Å²) in [5.41, 5.74) is 0.597. The molecule has 2 aromatic carbocycles. The zero-order valence-corrected chi connectivity index (χ0v) is 17.1. The number of benzene rings is 2. The van der Waals surface area contributed by atoms with Crippen LogP contribution in [0.25, 0.3) is 0 Å². The van der Waals surface area contributed by atoms with Crippen molar-refractivity contribution in [1.82, 2.24) is 4.90 Å². The molecule has 0 saturated carbocycles. The van der Waals surface area contributed by atoms with E-state index < -0.39 is 11.7 Å². The largest absolute Gasteiger partial charge is 0.494 e. The smallest absolute Gasteiger partial charge is 0.416 e. The van der Waals surface area contributed by atoms with Crippen molar-refractivity contribution >= 4 is 17.3 Å². The number of piperazine rings is 1. The SMILES string of the molecule is CCOc1ccc(NC(=O)[C@@H](C)N2CCN(c3cccc(C(F)(F)F)c3)CC2)cc1. The van der Waals surface area contributed by atoms with Gasteiger partial charge in [-0.25, -0.2) is 0 Å². The number of carbonyl (C=O) groups is 1. The lowest BCUT2D eigenvalue weighted by Crippen LogP contribution is -2.52. The molecule has 8 heteroatoms. The molecule has 30 heavy (non-hydrogen) atoms. The Balaban J connectivity index is 1.54. The molecule has 0 bridgehead atoms. The Morgan fingerprint density at radius 3 is 2.37 bits per heavy atom. The fourth-order valence-corrected chi connectivity index (χ4v) is 3.46. The molecule has 0 unspecified atom stereocenters. The van der Waals surface area contributed by atoms with Crippen molar-refractivity contribution in [3.05, 3.63) is 54.1 Å². The first-order valence-corrected chi connectivity index (χ1v) is 9.98. The monoisotopic (exact) mass is 421 g/mol. The first-order chi connectivity index (χ1) is 14.3. The zero-order chi connectivity index (χ0) is 21.7. The summed E-state index contributed by atoms with van der Waals surface area (Å²) < 4.78 is 44.3. The molecule has 1 atom stereocenters. The second-order valence-corrected chi connectivity index (χ2v) is 7.19. The van der Waals surface area contributed by atoms with Crippen molar-refractivity contribution in [2.45, 2.75) is 26.1 Å². The first-order valence-electron chi connectivity index (χ1n) is 9.98. The minimum Gasteiger partial charge on any atom is -0.494 e. The molecule has 0 aromatic heterocycles. The Kier molecular flexibility index (Phi) is 6.87. The number of nitrogens with one attached hydrogen (secondary N) is 1. The quantitative estimate of drug-likeness (QED) is 0.757. The standard InChI is InChI=1S/C22H26F3N3O2/c1-3-30-20-9-7-18(8-10-20)26-21(29)16(2)27-11-13-28(14-12-27)19-6-4-5-17(15-19)22(23,24)25/h4-10,15-16H,3,11-14H2,1-2H3,(H,26,29)/t16-/m1/s1. The highest BCUT2D eigenvalue weighted by molar-refractivity contribution is 5.94. The van der Waals surface area contributed by atoms with Crippen molar-refractivity contribution < 1.29 is 22.7 Å². The summed E-state index contributed by atoms with van der Waals surface area (Å²) in [5.74, 6) is 0.626. The van der Waals surface area contributed by atoms with Crippen molar-refractivity contribution in [2.24, 2.45) is 0 Å². The zero-order valence-electron chi connectivity index (χ0n) is 17.1. The van der Waals surface area contributed by atoms with Gasteiger partial charge in [-0.1, -0.05) is 6.07 Å². The van der Waals surface area contributed by atoms with Crippen LogP contribution in [0.5, 0.6) is 5.75 Å². The van der Waals surface area contributed by atoms with Crippen molar-refractivity contribution in [3.63, 3.8) is 0 Å². The van der Waals surface area contributed by atoms with Crippen molar-refractivity contribution in [3.8, 4) is 5.75 Å². The number of alkyl halides is 3. The maximum absolute atomic E-state index is 13.0. The summed E-state index contributed by atoms with van der Waals surface area (Å²) in [6.07, 6.45) is -4.36. The maximum Gasteiger partial charge on any atom is 0.416 e. The Labute approximate surface area is 174 Å². The van der Waals surface area contributed by atoms with Crippen LogP contribution >= 0.6 is 0 Å². The second kappa shape index (κ2) is 9.38. The van der Waals surface area contributed by atoms with Crippen LogP contribution in [-0.2, 0) is 11.0 Å². The molecule has 162 valence electrons. The third kappa shape index (κ3) is 5.44. The molecule has 1 N–H and O–H groups in total. The summed E-state index contributed by atoms with van der Waals surface area (Å²) in [6.45, 7) is 6.62. The van der Waals surface area contributed by atoms with Gasteiger partial charge in [0.15, 0.2) is 0 Å². The predicted molar refractivity (Wildman–Crippen MR) is 111 cm³/mol. The summed E-state index contributed by atoms with van der Waals surface area (Å²) >= 11 is 0. The van der Waals surface area contributed by atoms with E-state index in [-0.39, 0.29) is 11.9 Å². The molecule has 1 heterocycles. The molecule has 3 rings (SSSR count). The number of hydrogen-bond donors (Lipinski definition) is 1. The fourth-order valence-electron chi connectivity index (χ4n) is 3.46. The van der Waals surface area contributed by atoms with Gasteiger partial charge in [0.2, 0.25) is 5.91 Å². The highest BCUT2D eigenvalue weighted by Crippen LogP contribution is 2.32. The van der Waals surface area contributed by atoms with E-state index >= 15 is 0 Å². The van der Waals surface area contributed by atoms with Gasteiger partial charge in [-0.3, -0.25) is 9.69 Å². The van der Waals surface area contributed by atoms with Crippen LogP contribution in [-0.4, -0.2) is 49.6 Å². The lowest BCUT2D eigenvalue weighted by Gasteiger charge is -2.38. The Hall–Kier alpha value is -2.74. The number of nitrogens with zero attached hydrogens (tertiary/aromatic N) is 2. The second-order valence-electron chi connectivity index (χ2n) is 7.19. The van der Waals surface area contributed by atoms with E-state index in [1.165, 1.54) is 12.1 Å². The average molecular weight is 421 g/mol. The molecule has 1 fully saturated rings. The average Bonchev–Trinajstić information content (AvgIpc) is 2.74. The number of halogens is 3. The molecule has 1 aliphatic rings. The summed E-state index contributed by atoms with van der Waals surface area (Å²) in [6, 6.07) is 12.2. The molecule has 2 aromatic rings. The molecule has 0 radical (unpaired) electrons. The minimum absolute atomic E-state index is 0.119. The summed E-state index contributed by atoms with van der Waals surface area (Å²) in [7, 11) is 0. The van der Waals surface area contributed by atoms with Crippen LogP contribution in [0.4, 0.5) is 24.5 Å². The van der Waals surface area contributed by atoms with E-state index in [1.54, 1.807) is 30.3 Å². The Morgan fingerprint density at radius 2 is 1.77 bits per heavy atom. The topological polar surface area (TPSA) is 44.8 Å². The van der Waals surface area contributed by atoms with Crippen LogP contribution in [0.2, 0.25) is 0 Å². The Bertz CT molecular complexity index is 847. The van der Waals surface area contributed by atoms with Crippen LogP contribution < -0.4 is 15.0 Å².